The smallest absolute Gasteiger partial charge is 0.260 e. The molecule has 0 aliphatic heterocycles. The molecule has 2 rings (SSSR count). The summed E-state index contributed by atoms with van der Waals surface area (Å²) in [5.74, 6) is -0.759. The standard InChI is InChI=1S/C16H22FNO3/c1-11(16(20)18-13-5-3-2-4-6-13)21-15-8-7-12(10-19)9-14(15)17/h7-9,11,13,19H,2-6,10H2,1H3,(H,18,20). The zero-order chi connectivity index (χ0) is 15.2. The van der Waals surface area contributed by atoms with Crippen molar-refractivity contribution < 1.29 is 19.0 Å². The van der Waals surface area contributed by atoms with Crippen molar-refractivity contribution in [1.82, 2.24) is 5.32 Å². The van der Waals surface area contributed by atoms with Gasteiger partial charge < -0.3 is 15.2 Å². The molecule has 0 radical (unpaired) electrons. The molecular weight excluding hydrogens is 273 g/mol. The van der Waals surface area contributed by atoms with E-state index in [4.69, 9.17) is 9.84 Å². The Labute approximate surface area is 124 Å². The van der Waals surface area contributed by atoms with Crippen LogP contribution >= 0.6 is 0 Å². The fourth-order valence-corrected chi connectivity index (χ4v) is 2.55. The number of carbonyl (C=O) groups is 1. The number of hydrogen-bond acceptors (Lipinski definition) is 3. The Balaban J connectivity index is 1.90. The van der Waals surface area contributed by atoms with Gasteiger partial charge in [0.05, 0.1) is 6.61 Å². The highest BCUT2D eigenvalue weighted by molar-refractivity contribution is 5.81. The van der Waals surface area contributed by atoms with Crippen LogP contribution in [-0.2, 0) is 11.4 Å². The third-order valence-corrected chi connectivity index (χ3v) is 3.80. The Morgan fingerprint density at radius 3 is 2.76 bits per heavy atom. The van der Waals surface area contributed by atoms with Crippen molar-refractivity contribution in [3.63, 3.8) is 0 Å². The van der Waals surface area contributed by atoms with Crippen molar-refractivity contribution in [2.45, 2.75) is 57.8 Å². The molecule has 1 aromatic rings. The lowest BCUT2D eigenvalue weighted by molar-refractivity contribution is -0.128. The number of aliphatic hydroxyl groups is 1. The van der Waals surface area contributed by atoms with E-state index >= 15 is 0 Å². The first kappa shape index (κ1) is 15.8. The quantitative estimate of drug-likeness (QED) is 0.877. The number of carbonyl (C=O) groups excluding carboxylic acids is 1. The fraction of sp³-hybridized carbons (Fsp3) is 0.562. The molecule has 1 unspecified atom stereocenters. The summed E-state index contributed by atoms with van der Waals surface area (Å²) in [6.07, 6.45) is 4.74. The summed E-state index contributed by atoms with van der Waals surface area (Å²) >= 11 is 0. The minimum absolute atomic E-state index is 0.0264. The van der Waals surface area contributed by atoms with Gasteiger partial charge in [-0.25, -0.2) is 4.39 Å². The summed E-state index contributed by atoms with van der Waals surface area (Å²) in [7, 11) is 0. The second-order valence-electron chi connectivity index (χ2n) is 5.53. The van der Waals surface area contributed by atoms with Crippen LogP contribution < -0.4 is 10.1 Å². The number of ether oxygens (including phenoxy) is 1. The lowest BCUT2D eigenvalue weighted by Gasteiger charge is -2.24. The molecule has 1 aromatic carbocycles. The predicted octanol–water partition coefficient (Wildman–Crippen LogP) is 2.53. The highest BCUT2D eigenvalue weighted by Gasteiger charge is 2.21. The molecule has 1 amide bonds. The molecular formula is C16H22FNO3. The summed E-state index contributed by atoms with van der Waals surface area (Å²) in [5, 5.41) is 11.9. The predicted molar refractivity (Wildman–Crippen MR) is 77.4 cm³/mol. The van der Waals surface area contributed by atoms with Gasteiger partial charge in [-0.15, -0.1) is 0 Å². The normalized spacial score (nSPS) is 17.3. The Hall–Kier alpha value is -1.62. The lowest BCUT2D eigenvalue weighted by Crippen LogP contribution is -2.43. The molecule has 1 fully saturated rings. The van der Waals surface area contributed by atoms with Crippen LogP contribution in [0.3, 0.4) is 0 Å². The maximum absolute atomic E-state index is 13.8. The van der Waals surface area contributed by atoms with Crippen molar-refractivity contribution in [1.29, 1.82) is 0 Å². The third-order valence-electron chi connectivity index (χ3n) is 3.80. The molecule has 1 atom stereocenters. The zero-order valence-corrected chi connectivity index (χ0v) is 12.3. The monoisotopic (exact) mass is 295 g/mol. The topological polar surface area (TPSA) is 58.6 Å². The zero-order valence-electron chi connectivity index (χ0n) is 12.3. The first-order chi connectivity index (χ1) is 10.1. The van der Waals surface area contributed by atoms with Gasteiger partial charge in [-0.3, -0.25) is 4.79 Å². The van der Waals surface area contributed by atoms with Crippen LogP contribution in [0.5, 0.6) is 5.75 Å². The molecule has 4 nitrogen and oxygen atoms in total. The Morgan fingerprint density at radius 1 is 1.43 bits per heavy atom. The van der Waals surface area contributed by atoms with Gasteiger partial charge in [-0.2, -0.15) is 0 Å². The van der Waals surface area contributed by atoms with Gasteiger partial charge in [0.1, 0.15) is 0 Å². The van der Waals surface area contributed by atoms with Gasteiger partial charge in [0, 0.05) is 6.04 Å². The van der Waals surface area contributed by atoms with E-state index < -0.39 is 11.9 Å². The molecule has 1 aliphatic rings. The average molecular weight is 295 g/mol. The number of amides is 1. The molecule has 21 heavy (non-hydrogen) atoms. The number of hydrogen-bond donors (Lipinski definition) is 2. The van der Waals surface area contributed by atoms with E-state index in [0.29, 0.717) is 5.56 Å². The SMILES string of the molecule is CC(Oc1ccc(CO)cc1F)C(=O)NC1CCCCC1. The van der Waals surface area contributed by atoms with Crippen LogP contribution in [0.2, 0.25) is 0 Å². The molecule has 0 saturated heterocycles. The minimum Gasteiger partial charge on any atom is -0.478 e. The van der Waals surface area contributed by atoms with Crippen LogP contribution in [0.15, 0.2) is 18.2 Å². The Bertz CT molecular complexity index is 486. The lowest BCUT2D eigenvalue weighted by atomic mass is 9.95. The van der Waals surface area contributed by atoms with Crippen molar-refractivity contribution >= 4 is 5.91 Å². The van der Waals surface area contributed by atoms with E-state index in [9.17, 15) is 9.18 Å². The summed E-state index contributed by atoms with van der Waals surface area (Å²) in [6, 6.07) is 4.43. The maximum atomic E-state index is 13.8. The molecule has 0 bridgehead atoms. The molecule has 1 aliphatic carbocycles. The minimum atomic E-state index is -0.749. The third kappa shape index (κ3) is 4.43. The second-order valence-corrected chi connectivity index (χ2v) is 5.53. The highest BCUT2D eigenvalue weighted by Crippen LogP contribution is 2.21. The van der Waals surface area contributed by atoms with E-state index in [2.05, 4.69) is 5.32 Å². The number of nitrogens with one attached hydrogen (secondary N) is 1. The number of halogens is 1. The highest BCUT2D eigenvalue weighted by atomic mass is 19.1. The van der Waals surface area contributed by atoms with Gasteiger partial charge in [0.2, 0.25) is 0 Å². The molecule has 116 valence electrons. The van der Waals surface area contributed by atoms with Crippen LogP contribution in [0.25, 0.3) is 0 Å². The molecule has 5 heteroatoms. The van der Waals surface area contributed by atoms with E-state index in [-0.39, 0.29) is 24.3 Å². The van der Waals surface area contributed by atoms with Gasteiger partial charge in [0.15, 0.2) is 17.7 Å². The Morgan fingerprint density at radius 2 is 2.14 bits per heavy atom. The molecule has 2 N–H and O–H groups in total. The average Bonchev–Trinajstić information content (AvgIpc) is 2.50. The van der Waals surface area contributed by atoms with Crippen molar-refractivity contribution in [2.24, 2.45) is 0 Å². The van der Waals surface area contributed by atoms with Gasteiger partial charge >= 0.3 is 0 Å². The summed E-state index contributed by atoms with van der Waals surface area (Å²) in [4.78, 5) is 12.1. The van der Waals surface area contributed by atoms with E-state index in [0.717, 1.165) is 25.7 Å². The van der Waals surface area contributed by atoms with Crippen molar-refractivity contribution in [3.05, 3.63) is 29.6 Å². The van der Waals surface area contributed by atoms with Gasteiger partial charge in [0.25, 0.3) is 5.91 Å². The summed E-state index contributed by atoms with van der Waals surface area (Å²) in [6.45, 7) is 1.38. The molecule has 0 heterocycles. The largest absolute Gasteiger partial charge is 0.478 e. The molecule has 0 spiro atoms. The van der Waals surface area contributed by atoms with Gasteiger partial charge in [-0.1, -0.05) is 25.3 Å². The van der Waals surface area contributed by atoms with Crippen molar-refractivity contribution in [2.75, 3.05) is 0 Å². The van der Waals surface area contributed by atoms with Crippen LogP contribution in [0.4, 0.5) is 4.39 Å². The summed E-state index contributed by atoms with van der Waals surface area (Å²) < 4.78 is 19.1. The fourth-order valence-electron chi connectivity index (χ4n) is 2.55. The van der Waals surface area contributed by atoms with E-state index in [1.165, 1.54) is 18.6 Å². The molecule has 0 aromatic heterocycles. The van der Waals surface area contributed by atoms with Crippen LogP contribution in [-0.4, -0.2) is 23.2 Å². The second kappa shape index (κ2) is 7.41. The first-order valence-electron chi connectivity index (χ1n) is 7.46. The first-order valence-corrected chi connectivity index (χ1v) is 7.46. The maximum Gasteiger partial charge on any atom is 0.260 e. The van der Waals surface area contributed by atoms with Gasteiger partial charge in [-0.05, 0) is 37.5 Å². The van der Waals surface area contributed by atoms with E-state index in [1.807, 2.05) is 0 Å². The van der Waals surface area contributed by atoms with E-state index in [1.54, 1.807) is 13.0 Å². The number of benzene rings is 1. The van der Waals surface area contributed by atoms with Crippen LogP contribution in [0, 0.1) is 5.82 Å². The number of rotatable bonds is 5. The van der Waals surface area contributed by atoms with Crippen molar-refractivity contribution in [3.8, 4) is 5.75 Å². The molecule has 1 saturated carbocycles. The summed E-state index contributed by atoms with van der Waals surface area (Å²) in [5.41, 5.74) is 0.471. The van der Waals surface area contributed by atoms with Crippen LogP contribution in [0.1, 0.15) is 44.6 Å². The Kier molecular flexibility index (Phi) is 5.56. The number of aliphatic hydroxyl groups excluding tert-OH is 1.